The predicted molar refractivity (Wildman–Crippen MR) is 40.5 cm³/mol. The van der Waals surface area contributed by atoms with E-state index in [9.17, 15) is 4.79 Å². The quantitative estimate of drug-likeness (QED) is 0.437. The van der Waals surface area contributed by atoms with E-state index in [4.69, 9.17) is 11.6 Å². The van der Waals surface area contributed by atoms with Crippen LogP contribution in [0.4, 0.5) is 0 Å². The standard InChI is InChI=1S/C7H11ClO2/c1-7(2,3)6(9)10-5-4-8/h4-5H,1-3H3/b5-4-. The SMILES string of the molecule is CC(C)(C)C(=O)O/C=C\Cl. The van der Waals surface area contributed by atoms with Gasteiger partial charge in [0.05, 0.1) is 5.41 Å². The second kappa shape index (κ2) is 3.62. The highest BCUT2D eigenvalue weighted by Gasteiger charge is 2.21. The van der Waals surface area contributed by atoms with Crippen molar-refractivity contribution < 1.29 is 9.53 Å². The van der Waals surface area contributed by atoms with Gasteiger partial charge in [-0.25, -0.2) is 0 Å². The van der Waals surface area contributed by atoms with Gasteiger partial charge in [0.15, 0.2) is 0 Å². The molecule has 0 spiro atoms. The summed E-state index contributed by atoms with van der Waals surface area (Å²) >= 11 is 5.14. The van der Waals surface area contributed by atoms with Crippen LogP contribution in [0, 0.1) is 5.41 Å². The smallest absolute Gasteiger partial charge is 0.316 e. The van der Waals surface area contributed by atoms with Crippen molar-refractivity contribution in [3.8, 4) is 0 Å². The molecule has 0 unspecified atom stereocenters. The van der Waals surface area contributed by atoms with Gasteiger partial charge in [0.1, 0.15) is 6.26 Å². The average Bonchev–Trinajstić information content (AvgIpc) is 1.80. The molecule has 2 nitrogen and oxygen atoms in total. The molecule has 0 aliphatic heterocycles. The van der Waals surface area contributed by atoms with Gasteiger partial charge in [-0.3, -0.25) is 4.79 Å². The van der Waals surface area contributed by atoms with Crippen molar-refractivity contribution in [2.45, 2.75) is 20.8 Å². The number of carbonyl (C=O) groups excluding carboxylic acids is 1. The first-order chi connectivity index (χ1) is 4.48. The fourth-order valence-electron chi connectivity index (χ4n) is 0.264. The summed E-state index contributed by atoms with van der Waals surface area (Å²) in [6, 6.07) is 0. The molecule has 0 fully saturated rings. The maximum Gasteiger partial charge on any atom is 0.316 e. The van der Waals surface area contributed by atoms with Gasteiger partial charge in [-0.1, -0.05) is 11.6 Å². The van der Waals surface area contributed by atoms with Crippen molar-refractivity contribution in [3.05, 3.63) is 11.8 Å². The Labute approximate surface area is 65.8 Å². The third kappa shape index (κ3) is 3.51. The first kappa shape index (κ1) is 9.50. The van der Waals surface area contributed by atoms with Crippen LogP contribution in [0.2, 0.25) is 0 Å². The van der Waals surface area contributed by atoms with E-state index in [-0.39, 0.29) is 5.97 Å². The Hall–Kier alpha value is -0.500. The van der Waals surface area contributed by atoms with Crippen LogP contribution in [0.15, 0.2) is 11.8 Å². The van der Waals surface area contributed by atoms with Gasteiger partial charge < -0.3 is 4.74 Å². The van der Waals surface area contributed by atoms with Crippen LogP contribution in [0.3, 0.4) is 0 Å². The molecule has 0 aliphatic rings. The lowest BCUT2D eigenvalue weighted by Crippen LogP contribution is -2.20. The van der Waals surface area contributed by atoms with E-state index in [1.807, 2.05) is 0 Å². The van der Waals surface area contributed by atoms with E-state index >= 15 is 0 Å². The zero-order chi connectivity index (χ0) is 8.20. The van der Waals surface area contributed by atoms with Crippen LogP contribution in [0.5, 0.6) is 0 Å². The minimum absolute atomic E-state index is 0.288. The number of rotatable bonds is 1. The van der Waals surface area contributed by atoms with Crippen LogP contribution >= 0.6 is 11.6 Å². The lowest BCUT2D eigenvalue weighted by atomic mass is 9.98. The van der Waals surface area contributed by atoms with Gasteiger partial charge in [-0.2, -0.15) is 0 Å². The summed E-state index contributed by atoms with van der Waals surface area (Å²) in [7, 11) is 0. The van der Waals surface area contributed by atoms with Crippen molar-refractivity contribution >= 4 is 17.6 Å². The summed E-state index contributed by atoms with van der Waals surface area (Å²) in [5.41, 5.74) is 0.694. The Morgan fingerprint density at radius 2 is 2.00 bits per heavy atom. The summed E-state index contributed by atoms with van der Waals surface area (Å²) in [6.07, 6.45) is 1.16. The third-order valence-electron chi connectivity index (χ3n) is 0.839. The van der Waals surface area contributed by atoms with Crippen LogP contribution in [-0.4, -0.2) is 5.97 Å². The zero-order valence-electron chi connectivity index (χ0n) is 6.35. The number of hydrogen-bond acceptors (Lipinski definition) is 2. The summed E-state index contributed by atoms with van der Waals surface area (Å²) < 4.78 is 4.60. The first-order valence-corrected chi connectivity index (χ1v) is 3.38. The van der Waals surface area contributed by atoms with Gasteiger partial charge in [0.25, 0.3) is 0 Å². The molecule has 0 aromatic carbocycles. The van der Waals surface area contributed by atoms with E-state index in [0.29, 0.717) is 0 Å². The molecule has 0 N–H and O–H groups in total. The van der Waals surface area contributed by atoms with Crippen LogP contribution in [-0.2, 0) is 9.53 Å². The van der Waals surface area contributed by atoms with Crippen LogP contribution < -0.4 is 0 Å². The Bertz CT molecular complexity index is 144. The molecule has 0 radical (unpaired) electrons. The number of halogens is 1. The highest BCUT2D eigenvalue weighted by molar-refractivity contribution is 6.25. The summed E-state index contributed by atoms with van der Waals surface area (Å²) in [6.45, 7) is 5.33. The van der Waals surface area contributed by atoms with Crippen molar-refractivity contribution in [2.24, 2.45) is 5.41 Å². The first-order valence-electron chi connectivity index (χ1n) is 2.95. The molecule has 58 valence electrons. The Morgan fingerprint density at radius 1 is 1.50 bits per heavy atom. The molecule has 0 atom stereocenters. The van der Waals surface area contributed by atoms with E-state index in [1.54, 1.807) is 20.8 Å². The summed E-state index contributed by atoms with van der Waals surface area (Å²) in [5, 5.41) is 0. The molecule has 0 bridgehead atoms. The molecule has 10 heavy (non-hydrogen) atoms. The maximum atomic E-state index is 10.9. The molecule has 0 saturated heterocycles. The fourth-order valence-corrected chi connectivity index (χ4v) is 0.316. The summed E-state index contributed by atoms with van der Waals surface area (Å²) in [4.78, 5) is 10.9. The van der Waals surface area contributed by atoms with Gasteiger partial charge >= 0.3 is 5.97 Å². The second-order valence-corrected chi connectivity index (χ2v) is 3.17. The minimum Gasteiger partial charge on any atom is -0.433 e. The van der Waals surface area contributed by atoms with E-state index in [1.165, 1.54) is 0 Å². The maximum absolute atomic E-state index is 10.9. The number of hydrogen-bond donors (Lipinski definition) is 0. The molecule has 0 saturated carbocycles. The lowest BCUT2D eigenvalue weighted by Gasteiger charge is -2.13. The second-order valence-electron chi connectivity index (χ2n) is 2.92. The van der Waals surface area contributed by atoms with Crippen LogP contribution in [0.25, 0.3) is 0 Å². The predicted octanol–water partition coefficient (Wildman–Crippen LogP) is 2.29. The number of ether oxygens (including phenoxy) is 1. The molecule has 0 rings (SSSR count). The molecular formula is C7H11ClO2. The Kier molecular flexibility index (Phi) is 3.43. The Balaban J connectivity index is 3.86. The fraction of sp³-hybridized carbons (Fsp3) is 0.571. The highest BCUT2D eigenvalue weighted by Crippen LogP contribution is 2.14. The summed E-state index contributed by atoms with van der Waals surface area (Å²) in [5.74, 6) is -0.288. The molecule has 3 heteroatoms. The monoisotopic (exact) mass is 162 g/mol. The molecule has 0 heterocycles. The van der Waals surface area contributed by atoms with E-state index in [0.717, 1.165) is 11.8 Å². The van der Waals surface area contributed by atoms with E-state index < -0.39 is 5.41 Å². The normalized spacial score (nSPS) is 12.0. The van der Waals surface area contributed by atoms with Gasteiger partial charge in [-0.15, -0.1) is 0 Å². The number of esters is 1. The third-order valence-corrected chi connectivity index (χ3v) is 0.942. The van der Waals surface area contributed by atoms with Crippen molar-refractivity contribution in [1.29, 1.82) is 0 Å². The molecule has 0 aliphatic carbocycles. The van der Waals surface area contributed by atoms with Gasteiger partial charge in [-0.05, 0) is 20.8 Å². The Morgan fingerprint density at radius 3 is 2.30 bits per heavy atom. The van der Waals surface area contributed by atoms with Gasteiger partial charge in [0, 0.05) is 5.54 Å². The van der Waals surface area contributed by atoms with E-state index in [2.05, 4.69) is 4.74 Å². The molecule has 0 amide bonds. The van der Waals surface area contributed by atoms with Crippen molar-refractivity contribution in [1.82, 2.24) is 0 Å². The van der Waals surface area contributed by atoms with Crippen molar-refractivity contribution in [3.63, 3.8) is 0 Å². The van der Waals surface area contributed by atoms with Gasteiger partial charge in [0.2, 0.25) is 0 Å². The lowest BCUT2D eigenvalue weighted by molar-refractivity contribution is -0.146. The average molecular weight is 163 g/mol. The minimum atomic E-state index is -0.462. The molecule has 0 aromatic heterocycles. The topological polar surface area (TPSA) is 26.3 Å². The number of carbonyl (C=O) groups is 1. The largest absolute Gasteiger partial charge is 0.433 e. The molecular weight excluding hydrogens is 152 g/mol. The zero-order valence-corrected chi connectivity index (χ0v) is 7.11. The van der Waals surface area contributed by atoms with Crippen molar-refractivity contribution in [2.75, 3.05) is 0 Å². The van der Waals surface area contributed by atoms with Crippen LogP contribution in [0.1, 0.15) is 20.8 Å². The molecule has 0 aromatic rings. The highest BCUT2D eigenvalue weighted by atomic mass is 35.5.